The van der Waals surface area contributed by atoms with Crippen molar-refractivity contribution in [3.8, 4) is 22.7 Å². The minimum absolute atomic E-state index is 0.00996. The van der Waals surface area contributed by atoms with Crippen molar-refractivity contribution in [1.29, 1.82) is 0 Å². The van der Waals surface area contributed by atoms with Crippen LogP contribution in [0.25, 0.3) is 44.8 Å². The first-order valence-electron chi connectivity index (χ1n) is 11.2. The molecule has 6 rings (SSSR count). The van der Waals surface area contributed by atoms with E-state index in [0.29, 0.717) is 35.7 Å². The SMILES string of the molecule is CCc1nc2ccc(C(=O)O)nc2n1Cc1ccc2oc(-c3ccccc3-c3nn[nH]n3)c(Br)c2c1. The Balaban J connectivity index is 1.44. The molecule has 0 aliphatic carbocycles. The van der Waals surface area contributed by atoms with E-state index in [9.17, 15) is 9.90 Å². The van der Waals surface area contributed by atoms with Gasteiger partial charge in [0.1, 0.15) is 22.7 Å². The van der Waals surface area contributed by atoms with Gasteiger partial charge in [0.15, 0.2) is 11.3 Å². The van der Waals surface area contributed by atoms with E-state index in [1.807, 2.05) is 47.9 Å². The maximum absolute atomic E-state index is 11.5. The van der Waals surface area contributed by atoms with Crippen molar-refractivity contribution in [2.75, 3.05) is 0 Å². The van der Waals surface area contributed by atoms with E-state index in [0.717, 1.165) is 38.0 Å². The van der Waals surface area contributed by atoms with Gasteiger partial charge in [-0.25, -0.2) is 14.8 Å². The summed E-state index contributed by atoms with van der Waals surface area (Å²) < 4.78 is 9.02. The number of carbonyl (C=O) groups is 1. The lowest BCUT2D eigenvalue weighted by Crippen LogP contribution is -2.07. The number of aromatic amines is 1. The van der Waals surface area contributed by atoms with Gasteiger partial charge in [-0.05, 0) is 51.0 Å². The molecule has 0 radical (unpaired) electrons. The van der Waals surface area contributed by atoms with Crippen LogP contribution in [0.5, 0.6) is 0 Å². The van der Waals surface area contributed by atoms with E-state index in [1.54, 1.807) is 6.07 Å². The smallest absolute Gasteiger partial charge is 0.354 e. The van der Waals surface area contributed by atoms with Gasteiger partial charge < -0.3 is 14.1 Å². The molecule has 6 aromatic rings. The van der Waals surface area contributed by atoms with Crippen molar-refractivity contribution in [2.24, 2.45) is 0 Å². The van der Waals surface area contributed by atoms with Crippen LogP contribution in [0.1, 0.15) is 28.8 Å². The number of carboxylic acid groups (broad SMARTS) is 1. The molecule has 0 saturated heterocycles. The summed E-state index contributed by atoms with van der Waals surface area (Å²) in [5.41, 5.74) is 4.56. The number of imidazole rings is 1. The van der Waals surface area contributed by atoms with Crippen LogP contribution in [0.15, 0.2) is 63.5 Å². The number of aromatic nitrogens is 7. The maximum atomic E-state index is 11.5. The molecule has 0 aliphatic heterocycles. The molecule has 0 bridgehead atoms. The Hall–Kier alpha value is -4.38. The number of rotatable bonds is 6. The molecule has 0 aliphatic rings. The normalized spacial score (nSPS) is 11.5. The van der Waals surface area contributed by atoms with Gasteiger partial charge in [-0.2, -0.15) is 5.21 Å². The number of benzene rings is 2. The Morgan fingerprint density at radius 2 is 1.94 bits per heavy atom. The Morgan fingerprint density at radius 1 is 1.11 bits per heavy atom. The predicted molar refractivity (Wildman–Crippen MR) is 135 cm³/mol. The fourth-order valence-corrected chi connectivity index (χ4v) is 4.93. The molecular formula is C25H18BrN7O3. The van der Waals surface area contributed by atoms with Gasteiger partial charge in [-0.1, -0.05) is 37.3 Å². The Bertz CT molecular complexity index is 1760. The molecule has 0 unspecified atom stereocenters. The highest BCUT2D eigenvalue weighted by molar-refractivity contribution is 9.10. The molecule has 0 saturated carbocycles. The number of pyridine rings is 1. The van der Waals surface area contributed by atoms with E-state index in [4.69, 9.17) is 4.42 Å². The van der Waals surface area contributed by atoms with E-state index >= 15 is 0 Å². The van der Waals surface area contributed by atoms with Crippen molar-refractivity contribution < 1.29 is 14.3 Å². The zero-order chi connectivity index (χ0) is 24.8. The Labute approximate surface area is 212 Å². The van der Waals surface area contributed by atoms with Crippen LogP contribution in [0.4, 0.5) is 0 Å². The van der Waals surface area contributed by atoms with E-state index in [1.165, 1.54) is 6.07 Å². The van der Waals surface area contributed by atoms with Gasteiger partial charge >= 0.3 is 5.97 Å². The van der Waals surface area contributed by atoms with Crippen LogP contribution in [0.2, 0.25) is 0 Å². The summed E-state index contributed by atoms with van der Waals surface area (Å²) in [5.74, 6) is 0.907. The highest BCUT2D eigenvalue weighted by Gasteiger charge is 2.20. The van der Waals surface area contributed by atoms with Crippen LogP contribution < -0.4 is 0 Å². The molecule has 2 N–H and O–H groups in total. The molecule has 0 atom stereocenters. The lowest BCUT2D eigenvalue weighted by Gasteiger charge is -2.08. The molecule has 2 aromatic carbocycles. The molecule has 4 heterocycles. The summed E-state index contributed by atoms with van der Waals surface area (Å²) in [7, 11) is 0. The fourth-order valence-electron chi connectivity index (χ4n) is 4.32. The van der Waals surface area contributed by atoms with Gasteiger partial charge in [0.05, 0.1) is 11.0 Å². The molecule has 10 nitrogen and oxygen atoms in total. The average Bonchev–Trinajstić information content (AvgIpc) is 3.62. The number of aromatic carboxylic acids is 1. The van der Waals surface area contributed by atoms with E-state index in [-0.39, 0.29) is 5.69 Å². The van der Waals surface area contributed by atoms with Crippen molar-refractivity contribution in [2.45, 2.75) is 19.9 Å². The van der Waals surface area contributed by atoms with Gasteiger partial charge in [0.25, 0.3) is 0 Å². The summed E-state index contributed by atoms with van der Waals surface area (Å²) in [6, 6.07) is 16.8. The zero-order valence-electron chi connectivity index (χ0n) is 18.9. The molecule has 0 spiro atoms. The number of hydrogen-bond acceptors (Lipinski definition) is 7. The third-order valence-corrected chi connectivity index (χ3v) is 6.78. The maximum Gasteiger partial charge on any atom is 0.354 e. The number of carboxylic acids is 1. The van der Waals surface area contributed by atoms with Crippen LogP contribution >= 0.6 is 15.9 Å². The zero-order valence-corrected chi connectivity index (χ0v) is 20.5. The molecular weight excluding hydrogens is 526 g/mol. The largest absolute Gasteiger partial charge is 0.477 e. The summed E-state index contributed by atoms with van der Waals surface area (Å²) in [4.78, 5) is 20.5. The number of furan rings is 1. The first-order chi connectivity index (χ1) is 17.5. The first kappa shape index (κ1) is 22.1. The van der Waals surface area contributed by atoms with Crippen LogP contribution in [-0.2, 0) is 13.0 Å². The van der Waals surface area contributed by atoms with Crippen molar-refractivity contribution in [3.63, 3.8) is 0 Å². The average molecular weight is 544 g/mol. The van der Waals surface area contributed by atoms with Crippen LogP contribution in [-0.4, -0.2) is 46.2 Å². The minimum Gasteiger partial charge on any atom is -0.477 e. The third-order valence-electron chi connectivity index (χ3n) is 6.00. The first-order valence-corrected chi connectivity index (χ1v) is 12.0. The van der Waals surface area contributed by atoms with Gasteiger partial charge in [-0.3, -0.25) is 0 Å². The number of H-pyrrole nitrogens is 1. The highest BCUT2D eigenvalue weighted by atomic mass is 79.9. The summed E-state index contributed by atoms with van der Waals surface area (Å²) in [6.07, 6.45) is 0.688. The Kier molecular flexibility index (Phi) is 5.33. The summed E-state index contributed by atoms with van der Waals surface area (Å²) >= 11 is 3.74. The second-order valence-corrected chi connectivity index (χ2v) is 8.96. The highest BCUT2D eigenvalue weighted by Crippen LogP contribution is 2.41. The number of nitrogens with zero attached hydrogens (tertiary/aromatic N) is 6. The third kappa shape index (κ3) is 3.64. The van der Waals surface area contributed by atoms with Crippen molar-refractivity contribution in [1.82, 2.24) is 35.2 Å². The van der Waals surface area contributed by atoms with E-state index < -0.39 is 5.97 Å². The quantitative estimate of drug-likeness (QED) is 0.296. The van der Waals surface area contributed by atoms with Crippen LogP contribution in [0, 0.1) is 0 Å². The van der Waals surface area contributed by atoms with Gasteiger partial charge in [0, 0.05) is 22.9 Å². The number of halogens is 1. The second kappa shape index (κ2) is 8.68. The van der Waals surface area contributed by atoms with Crippen LogP contribution in [0.3, 0.4) is 0 Å². The number of tetrazole rings is 1. The van der Waals surface area contributed by atoms with Gasteiger partial charge in [0.2, 0.25) is 5.82 Å². The molecule has 0 fully saturated rings. The summed E-state index contributed by atoms with van der Waals surface area (Å²) in [6.45, 7) is 2.50. The monoisotopic (exact) mass is 543 g/mol. The fraction of sp³-hybridized carbons (Fsp3) is 0.120. The second-order valence-electron chi connectivity index (χ2n) is 8.17. The topological polar surface area (TPSA) is 136 Å². The molecule has 4 aromatic heterocycles. The predicted octanol–water partition coefficient (Wildman–Crippen LogP) is 5.10. The van der Waals surface area contributed by atoms with Crippen molar-refractivity contribution >= 4 is 44.0 Å². The lowest BCUT2D eigenvalue weighted by atomic mass is 10.0. The number of fused-ring (bicyclic) bond motifs is 2. The minimum atomic E-state index is -1.07. The Morgan fingerprint density at radius 3 is 2.69 bits per heavy atom. The molecule has 36 heavy (non-hydrogen) atoms. The van der Waals surface area contributed by atoms with Gasteiger partial charge in [-0.15, -0.1) is 10.2 Å². The summed E-state index contributed by atoms with van der Waals surface area (Å²) in [5, 5.41) is 24.7. The molecule has 178 valence electrons. The lowest BCUT2D eigenvalue weighted by molar-refractivity contribution is 0.0691. The molecule has 0 amide bonds. The number of nitrogens with one attached hydrogen (secondary N) is 1. The number of hydrogen-bond donors (Lipinski definition) is 2. The van der Waals surface area contributed by atoms with Crippen molar-refractivity contribution in [3.05, 3.63) is 76.2 Å². The standard InChI is InChI=1S/C25H18BrN7O3/c1-2-20-27-17-8-9-18(25(34)35)28-24(17)33(20)12-13-7-10-19-16(11-13)21(26)22(36-19)14-5-3-4-6-15(14)23-29-31-32-30-23/h3-11H,2,12H2,1H3,(H,34,35)(H,29,30,31,32). The molecule has 11 heteroatoms. The number of aryl methyl sites for hydroxylation is 1. The van der Waals surface area contributed by atoms with E-state index in [2.05, 4.69) is 52.6 Å².